The second-order valence-electron chi connectivity index (χ2n) is 5.85. The predicted molar refractivity (Wildman–Crippen MR) is 100 cm³/mol. The fraction of sp³-hybridized carbons (Fsp3) is 0.611. The van der Waals surface area contributed by atoms with Crippen molar-refractivity contribution in [2.24, 2.45) is 4.99 Å². The molecule has 0 spiro atoms. The Morgan fingerprint density at radius 1 is 1.39 bits per heavy atom. The minimum absolute atomic E-state index is 0.422. The molecule has 0 radical (unpaired) electrons. The molecule has 0 saturated carbocycles. The van der Waals surface area contributed by atoms with Crippen LogP contribution in [0.5, 0.6) is 0 Å². The fourth-order valence-corrected chi connectivity index (χ4v) is 3.43. The fourth-order valence-electron chi connectivity index (χ4n) is 2.99. The van der Waals surface area contributed by atoms with Crippen molar-refractivity contribution in [3.63, 3.8) is 0 Å². The number of likely N-dealkylation sites (tertiary alicyclic amines) is 1. The minimum atomic E-state index is 0.422. The topological polar surface area (TPSA) is 36.9 Å². The Kier molecular flexibility index (Phi) is 7.89. The van der Waals surface area contributed by atoms with Gasteiger partial charge in [-0.3, -0.25) is 4.99 Å². The molecule has 128 valence electrons. The van der Waals surface area contributed by atoms with E-state index in [-0.39, 0.29) is 0 Å². The molecule has 0 aromatic heterocycles. The van der Waals surface area contributed by atoms with Crippen molar-refractivity contribution in [3.05, 3.63) is 34.3 Å². The maximum absolute atomic E-state index is 5.71. The Labute approximate surface area is 148 Å². The summed E-state index contributed by atoms with van der Waals surface area (Å²) in [5.41, 5.74) is 1.37. The molecule has 0 bridgehead atoms. The molecular formula is C18H28BrN3O. The number of nitrogens with one attached hydrogen (secondary N) is 1. The van der Waals surface area contributed by atoms with Gasteiger partial charge < -0.3 is 15.0 Å². The van der Waals surface area contributed by atoms with E-state index in [4.69, 9.17) is 4.74 Å². The molecule has 23 heavy (non-hydrogen) atoms. The van der Waals surface area contributed by atoms with Crippen molar-refractivity contribution < 1.29 is 4.74 Å². The van der Waals surface area contributed by atoms with Crippen molar-refractivity contribution in [1.29, 1.82) is 0 Å². The third-order valence-corrected chi connectivity index (χ3v) is 4.66. The van der Waals surface area contributed by atoms with Gasteiger partial charge in [0.1, 0.15) is 0 Å². The van der Waals surface area contributed by atoms with Crippen molar-refractivity contribution in [2.45, 2.75) is 38.7 Å². The number of halogens is 1. The van der Waals surface area contributed by atoms with Crippen LogP contribution in [-0.2, 0) is 11.2 Å². The lowest BCUT2D eigenvalue weighted by Gasteiger charge is -2.34. The Balaban J connectivity index is 1.69. The molecule has 0 atom stereocenters. The van der Waals surface area contributed by atoms with E-state index in [1.54, 1.807) is 0 Å². The molecule has 0 amide bonds. The van der Waals surface area contributed by atoms with Gasteiger partial charge in [-0.2, -0.15) is 0 Å². The van der Waals surface area contributed by atoms with Crippen molar-refractivity contribution in [2.75, 3.05) is 33.3 Å². The lowest BCUT2D eigenvalue weighted by atomic mass is 10.1. The molecule has 2 rings (SSSR count). The number of aryl methyl sites for hydroxylation is 1. The van der Waals surface area contributed by atoms with Gasteiger partial charge in [0.15, 0.2) is 5.96 Å². The number of piperidine rings is 1. The predicted octanol–water partition coefficient (Wildman–Crippen LogP) is 3.46. The molecule has 0 unspecified atom stereocenters. The summed E-state index contributed by atoms with van der Waals surface area (Å²) in [5, 5.41) is 3.49. The molecule has 1 saturated heterocycles. The minimum Gasteiger partial charge on any atom is -0.378 e. The summed E-state index contributed by atoms with van der Waals surface area (Å²) in [6.45, 7) is 5.88. The highest BCUT2D eigenvalue weighted by Crippen LogP contribution is 2.14. The highest BCUT2D eigenvalue weighted by atomic mass is 79.9. The van der Waals surface area contributed by atoms with Gasteiger partial charge in [-0.15, -0.1) is 0 Å². The van der Waals surface area contributed by atoms with Gasteiger partial charge in [-0.25, -0.2) is 0 Å². The van der Waals surface area contributed by atoms with Gasteiger partial charge >= 0.3 is 0 Å². The van der Waals surface area contributed by atoms with Gasteiger partial charge in [0.25, 0.3) is 0 Å². The van der Waals surface area contributed by atoms with Crippen LogP contribution in [0.1, 0.15) is 31.7 Å². The van der Waals surface area contributed by atoms with Crippen LogP contribution in [0.3, 0.4) is 0 Å². The third-order valence-electron chi connectivity index (χ3n) is 4.17. The summed E-state index contributed by atoms with van der Waals surface area (Å²) in [7, 11) is 1.87. The summed E-state index contributed by atoms with van der Waals surface area (Å²) in [6.07, 6.45) is 4.78. The summed E-state index contributed by atoms with van der Waals surface area (Å²) in [5.74, 6) is 1.02. The summed E-state index contributed by atoms with van der Waals surface area (Å²) in [6, 6.07) is 8.52. The maximum Gasteiger partial charge on any atom is 0.193 e. The van der Waals surface area contributed by atoms with Crippen LogP contribution < -0.4 is 5.32 Å². The summed E-state index contributed by atoms with van der Waals surface area (Å²) in [4.78, 5) is 6.77. The zero-order valence-corrected chi connectivity index (χ0v) is 15.8. The quantitative estimate of drug-likeness (QED) is 0.465. The normalized spacial score (nSPS) is 16.7. The Morgan fingerprint density at radius 2 is 2.17 bits per heavy atom. The van der Waals surface area contributed by atoms with Crippen LogP contribution in [-0.4, -0.2) is 50.3 Å². The Morgan fingerprint density at radius 3 is 2.83 bits per heavy atom. The van der Waals surface area contributed by atoms with E-state index in [1.807, 2.05) is 7.05 Å². The molecule has 1 aromatic carbocycles. The zero-order valence-electron chi connectivity index (χ0n) is 14.2. The van der Waals surface area contributed by atoms with E-state index >= 15 is 0 Å². The monoisotopic (exact) mass is 381 g/mol. The van der Waals surface area contributed by atoms with Crippen LogP contribution in [0.4, 0.5) is 0 Å². The van der Waals surface area contributed by atoms with Crippen LogP contribution in [0.25, 0.3) is 0 Å². The standard InChI is InChI=1S/C18H28BrN3O/c1-3-23-17-9-12-22(13-10-17)18(20-2)21-11-5-7-15-6-4-8-16(19)14-15/h4,6,8,14,17H,3,5,7,9-13H2,1-2H3,(H,20,21). The molecular weight excluding hydrogens is 354 g/mol. The molecule has 1 aliphatic rings. The molecule has 1 fully saturated rings. The van der Waals surface area contributed by atoms with Gasteiger partial charge in [-0.05, 0) is 50.3 Å². The van der Waals surface area contributed by atoms with E-state index in [9.17, 15) is 0 Å². The first kappa shape index (κ1) is 18.3. The highest BCUT2D eigenvalue weighted by Gasteiger charge is 2.21. The van der Waals surface area contributed by atoms with Crippen molar-refractivity contribution in [3.8, 4) is 0 Å². The van der Waals surface area contributed by atoms with Gasteiger partial charge in [-0.1, -0.05) is 28.1 Å². The third kappa shape index (κ3) is 6.15. The number of ether oxygens (including phenoxy) is 1. The summed E-state index contributed by atoms with van der Waals surface area (Å²) >= 11 is 3.52. The lowest BCUT2D eigenvalue weighted by Crippen LogP contribution is -2.47. The molecule has 4 nitrogen and oxygen atoms in total. The largest absolute Gasteiger partial charge is 0.378 e. The van der Waals surface area contributed by atoms with E-state index in [1.165, 1.54) is 5.56 Å². The molecule has 5 heteroatoms. The SMILES string of the molecule is CCOC1CCN(C(=NC)NCCCc2cccc(Br)c2)CC1. The van der Waals surface area contributed by atoms with Crippen LogP contribution in [0.15, 0.2) is 33.7 Å². The molecule has 1 heterocycles. The van der Waals surface area contributed by atoms with Gasteiger partial charge in [0, 0.05) is 37.8 Å². The van der Waals surface area contributed by atoms with Crippen LogP contribution >= 0.6 is 15.9 Å². The van der Waals surface area contributed by atoms with E-state index in [2.05, 4.69) is 62.3 Å². The number of aliphatic imine (C=N–C) groups is 1. The van der Waals surface area contributed by atoms with Gasteiger partial charge in [0.05, 0.1) is 6.10 Å². The summed E-state index contributed by atoms with van der Waals surface area (Å²) < 4.78 is 6.86. The Bertz CT molecular complexity index is 499. The van der Waals surface area contributed by atoms with Crippen LogP contribution in [0, 0.1) is 0 Å². The highest BCUT2D eigenvalue weighted by molar-refractivity contribution is 9.10. The first-order valence-electron chi connectivity index (χ1n) is 8.54. The Hall–Kier alpha value is -1.07. The first-order chi connectivity index (χ1) is 11.2. The maximum atomic E-state index is 5.71. The second-order valence-corrected chi connectivity index (χ2v) is 6.76. The number of hydrogen-bond donors (Lipinski definition) is 1. The second kappa shape index (κ2) is 9.93. The first-order valence-corrected chi connectivity index (χ1v) is 9.34. The smallest absolute Gasteiger partial charge is 0.193 e. The van der Waals surface area contributed by atoms with Gasteiger partial charge in [0.2, 0.25) is 0 Å². The van der Waals surface area contributed by atoms with Crippen molar-refractivity contribution in [1.82, 2.24) is 10.2 Å². The van der Waals surface area contributed by atoms with E-state index in [0.717, 1.165) is 62.4 Å². The zero-order chi connectivity index (χ0) is 16.5. The number of rotatable bonds is 6. The molecule has 1 aromatic rings. The van der Waals surface area contributed by atoms with E-state index in [0.29, 0.717) is 6.10 Å². The number of guanidine groups is 1. The molecule has 0 aliphatic carbocycles. The average molecular weight is 382 g/mol. The van der Waals surface area contributed by atoms with E-state index < -0.39 is 0 Å². The van der Waals surface area contributed by atoms with Crippen molar-refractivity contribution >= 4 is 21.9 Å². The van der Waals surface area contributed by atoms with Crippen LogP contribution in [0.2, 0.25) is 0 Å². The number of nitrogens with zero attached hydrogens (tertiary/aromatic N) is 2. The molecule has 1 aliphatic heterocycles. The lowest BCUT2D eigenvalue weighted by molar-refractivity contribution is 0.0264. The molecule has 1 N–H and O–H groups in total. The number of benzene rings is 1. The number of hydrogen-bond acceptors (Lipinski definition) is 2. The average Bonchev–Trinajstić information content (AvgIpc) is 2.56.